The molecule has 1 fully saturated rings. The van der Waals surface area contributed by atoms with Crippen LogP contribution in [0.1, 0.15) is 12.8 Å². The summed E-state index contributed by atoms with van der Waals surface area (Å²) in [6.07, 6.45) is 0.334. The molecule has 0 atom stereocenters. The van der Waals surface area contributed by atoms with Crippen LogP contribution in [0, 0.1) is 5.82 Å². The van der Waals surface area contributed by atoms with E-state index < -0.39 is 20.8 Å². The highest BCUT2D eigenvalue weighted by Crippen LogP contribution is 2.28. The van der Waals surface area contributed by atoms with Gasteiger partial charge in [-0.25, -0.2) is 12.8 Å². The molecule has 0 amide bonds. The van der Waals surface area contributed by atoms with Crippen LogP contribution in [0.15, 0.2) is 53.4 Å². The highest BCUT2D eigenvalue weighted by atomic mass is 35.5. The van der Waals surface area contributed by atoms with Crippen molar-refractivity contribution in [1.82, 2.24) is 4.72 Å². The van der Waals surface area contributed by atoms with Crippen molar-refractivity contribution in [2.75, 3.05) is 13.2 Å². The number of sulfonamides is 1. The molecule has 6 nitrogen and oxygen atoms in total. The van der Waals surface area contributed by atoms with Gasteiger partial charge in [0.2, 0.25) is 15.3 Å². The molecule has 1 aliphatic rings. The fourth-order valence-corrected chi connectivity index (χ4v) is 4.42. The first-order valence-corrected chi connectivity index (χ1v) is 10.0. The Morgan fingerprint density at radius 3 is 2.07 bits per heavy atom. The molecule has 0 aromatic heterocycles. The van der Waals surface area contributed by atoms with Crippen molar-refractivity contribution < 1.29 is 27.1 Å². The predicted octanol–water partition coefficient (Wildman–Crippen LogP) is 3.21. The van der Waals surface area contributed by atoms with E-state index >= 15 is 0 Å². The summed E-state index contributed by atoms with van der Waals surface area (Å²) in [5, 5.41) is -0.759. The Kier molecular flexibility index (Phi) is 5.81. The lowest BCUT2D eigenvalue weighted by molar-refractivity contribution is -0.120. The molecule has 2 aromatic carbocycles. The van der Waals surface area contributed by atoms with E-state index in [1.807, 2.05) is 0 Å². The zero-order valence-corrected chi connectivity index (χ0v) is 15.7. The van der Waals surface area contributed by atoms with Crippen LogP contribution in [0.2, 0.25) is 0 Å². The van der Waals surface area contributed by atoms with E-state index in [2.05, 4.69) is 4.72 Å². The number of hydrogen-bond acceptors (Lipinski definition) is 5. The van der Waals surface area contributed by atoms with Gasteiger partial charge in [0.05, 0.1) is 4.90 Å². The number of benzene rings is 2. The number of rotatable bonds is 6. The second kappa shape index (κ2) is 7.93. The minimum atomic E-state index is -3.97. The first-order chi connectivity index (χ1) is 12.8. The van der Waals surface area contributed by atoms with E-state index in [1.165, 1.54) is 48.5 Å². The number of carbonyl (C=O) groups excluding carboxylic acids is 1. The highest BCUT2D eigenvalue weighted by Gasteiger charge is 2.42. The van der Waals surface area contributed by atoms with Crippen molar-refractivity contribution in [2.24, 2.45) is 0 Å². The van der Waals surface area contributed by atoms with Gasteiger partial charge in [0.15, 0.2) is 0 Å². The van der Waals surface area contributed by atoms with Gasteiger partial charge in [-0.3, -0.25) is 4.79 Å². The zero-order valence-electron chi connectivity index (χ0n) is 14.2. The SMILES string of the molecule is O=C(Cl)C1(NS(=O)(=O)c2ccc(Oc3ccc(F)cc3)cc2)CCOCC1. The molecule has 1 saturated heterocycles. The molecule has 1 N–H and O–H groups in total. The molecule has 3 rings (SSSR count). The van der Waals surface area contributed by atoms with Gasteiger partial charge in [-0.2, -0.15) is 4.72 Å². The second-order valence-electron chi connectivity index (χ2n) is 6.10. The van der Waals surface area contributed by atoms with Crippen LogP contribution in [0.4, 0.5) is 4.39 Å². The first-order valence-electron chi connectivity index (χ1n) is 8.16. The fraction of sp³-hybridized carbons (Fsp3) is 0.278. The zero-order chi connectivity index (χ0) is 19.5. The second-order valence-corrected chi connectivity index (χ2v) is 8.13. The lowest BCUT2D eigenvalue weighted by Gasteiger charge is -2.34. The van der Waals surface area contributed by atoms with Crippen LogP contribution in [-0.4, -0.2) is 32.4 Å². The summed E-state index contributed by atoms with van der Waals surface area (Å²) < 4.78 is 51.4. The van der Waals surface area contributed by atoms with Gasteiger partial charge < -0.3 is 9.47 Å². The molecule has 27 heavy (non-hydrogen) atoms. The monoisotopic (exact) mass is 413 g/mol. The molecule has 0 radical (unpaired) electrons. The summed E-state index contributed by atoms with van der Waals surface area (Å²) in [5.74, 6) is 0.416. The maximum absolute atomic E-state index is 12.9. The Bertz CT molecular complexity index is 910. The summed E-state index contributed by atoms with van der Waals surface area (Å²) >= 11 is 5.67. The van der Waals surface area contributed by atoms with Crippen molar-refractivity contribution in [2.45, 2.75) is 23.3 Å². The van der Waals surface area contributed by atoms with E-state index in [0.717, 1.165) is 0 Å². The van der Waals surface area contributed by atoms with E-state index in [9.17, 15) is 17.6 Å². The standard InChI is InChI=1S/C18H17ClFNO5S/c19-17(22)18(9-11-25-12-10-18)21-27(23,24)16-7-5-15(6-8-16)26-14-3-1-13(20)2-4-14/h1-8,21H,9-12H2. The van der Waals surface area contributed by atoms with Gasteiger partial charge >= 0.3 is 0 Å². The molecule has 2 aromatic rings. The number of halogens is 2. The van der Waals surface area contributed by atoms with Crippen LogP contribution in [-0.2, 0) is 19.6 Å². The average Bonchev–Trinajstić information content (AvgIpc) is 2.64. The third-order valence-electron chi connectivity index (χ3n) is 4.24. The van der Waals surface area contributed by atoms with Gasteiger partial charge in [0, 0.05) is 13.2 Å². The number of nitrogens with one attached hydrogen (secondary N) is 1. The third kappa shape index (κ3) is 4.65. The lowest BCUT2D eigenvalue weighted by atomic mass is 9.93. The van der Waals surface area contributed by atoms with Gasteiger partial charge in [0.1, 0.15) is 22.9 Å². The van der Waals surface area contributed by atoms with E-state index in [4.69, 9.17) is 21.1 Å². The van der Waals surface area contributed by atoms with Crippen molar-refractivity contribution >= 4 is 26.9 Å². The molecule has 0 bridgehead atoms. The van der Waals surface area contributed by atoms with Gasteiger partial charge in [-0.1, -0.05) is 0 Å². The molecule has 0 saturated carbocycles. The molecule has 0 unspecified atom stereocenters. The molecule has 1 heterocycles. The lowest BCUT2D eigenvalue weighted by Crippen LogP contribution is -2.55. The van der Waals surface area contributed by atoms with Gasteiger partial charge in [0.25, 0.3) is 0 Å². The quantitative estimate of drug-likeness (QED) is 0.735. The van der Waals surface area contributed by atoms with Crippen LogP contribution in [0.5, 0.6) is 11.5 Å². The third-order valence-corrected chi connectivity index (χ3v) is 6.15. The molecular weight excluding hydrogens is 397 g/mol. The maximum atomic E-state index is 12.9. The van der Waals surface area contributed by atoms with Crippen molar-refractivity contribution in [3.05, 3.63) is 54.3 Å². The number of hydrogen-bond donors (Lipinski definition) is 1. The first kappa shape index (κ1) is 19.8. The fourth-order valence-electron chi connectivity index (χ4n) is 2.70. The van der Waals surface area contributed by atoms with Crippen LogP contribution >= 0.6 is 11.6 Å². The van der Waals surface area contributed by atoms with Crippen molar-refractivity contribution in [1.29, 1.82) is 0 Å². The summed E-state index contributed by atoms with van der Waals surface area (Å²) in [6, 6.07) is 11.1. The minimum absolute atomic E-state index is 0.0299. The largest absolute Gasteiger partial charge is 0.457 e. The predicted molar refractivity (Wildman–Crippen MR) is 96.9 cm³/mol. The molecule has 0 aliphatic carbocycles. The molecular formula is C18H17ClFNO5S. The van der Waals surface area contributed by atoms with E-state index in [-0.39, 0.29) is 36.8 Å². The number of ether oxygens (including phenoxy) is 2. The molecule has 1 aliphatic heterocycles. The summed E-state index contributed by atoms with van der Waals surface area (Å²) in [7, 11) is -3.97. The Hall–Kier alpha value is -2.00. The van der Waals surface area contributed by atoms with Crippen LogP contribution < -0.4 is 9.46 Å². The van der Waals surface area contributed by atoms with E-state index in [0.29, 0.717) is 11.5 Å². The summed E-state index contributed by atoms with van der Waals surface area (Å²) in [6.45, 7) is 0.483. The normalized spacial score (nSPS) is 16.7. The van der Waals surface area contributed by atoms with Gasteiger partial charge in [-0.15, -0.1) is 0 Å². The topological polar surface area (TPSA) is 81.7 Å². The van der Waals surface area contributed by atoms with E-state index in [1.54, 1.807) is 0 Å². The summed E-state index contributed by atoms with van der Waals surface area (Å²) in [4.78, 5) is 11.8. The summed E-state index contributed by atoms with van der Waals surface area (Å²) in [5.41, 5.74) is -1.37. The molecule has 0 spiro atoms. The molecule has 144 valence electrons. The van der Waals surface area contributed by atoms with Crippen molar-refractivity contribution in [3.8, 4) is 11.5 Å². The maximum Gasteiger partial charge on any atom is 0.242 e. The Balaban J connectivity index is 1.76. The van der Waals surface area contributed by atoms with Gasteiger partial charge in [-0.05, 0) is 73.0 Å². The van der Waals surface area contributed by atoms with Crippen LogP contribution in [0.25, 0.3) is 0 Å². The highest BCUT2D eigenvalue weighted by molar-refractivity contribution is 7.89. The van der Waals surface area contributed by atoms with Crippen molar-refractivity contribution in [3.63, 3.8) is 0 Å². The molecule has 9 heteroatoms. The smallest absolute Gasteiger partial charge is 0.242 e. The number of carbonyl (C=O) groups is 1. The van der Waals surface area contributed by atoms with Crippen LogP contribution in [0.3, 0.4) is 0 Å². The Morgan fingerprint density at radius 1 is 1.04 bits per heavy atom. The Morgan fingerprint density at radius 2 is 1.56 bits per heavy atom. The minimum Gasteiger partial charge on any atom is -0.457 e. The average molecular weight is 414 g/mol. The Labute approximate surface area is 161 Å².